The van der Waals surface area contributed by atoms with Gasteiger partial charge >= 0.3 is 0 Å². The molecule has 0 amide bonds. The number of fused-ring (bicyclic) bond motifs is 1. The van der Waals surface area contributed by atoms with Gasteiger partial charge in [0.05, 0.1) is 12.8 Å². The molecule has 0 atom stereocenters. The van der Waals surface area contributed by atoms with Gasteiger partial charge in [0, 0.05) is 18.8 Å². The maximum atomic E-state index is 11.0. The molecule has 2 heterocycles. The molecule has 0 aliphatic rings. The summed E-state index contributed by atoms with van der Waals surface area (Å²) in [6, 6.07) is 0. The molecule has 0 unspecified atom stereocenters. The number of methoxy groups -OCH3 is 1. The first-order chi connectivity index (χ1) is 7.60. The average Bonchev–Trinajstić information content (AvgIpc) is 2.57. The first-order valence-electron chi connectivity index (χ1n) is 4.67. The van der Waals surface area contributed by atoms with E-state index in [4.69, 9.17) is 16.3 Å². The molecule has 2 aromatic rings. The van der Waals surface area contributed by atoms with Crippen LogP contribution in [0, 0.1) is 0 Å². The molecule has 2 rings (SSSR count). The number of nitrogens with zero attached hydrogens (tertiary/aromatic N) is 3. The highest BCUT2D eigenvalue weighted by Crippen LogP contribution is 2.19. The van der Waals surface area contributed by atoms with E-state index in [0.717, 1.165) is 0 Å². The van der Waals surface area contributed by atoms with Crippen LogP contribution in [0.1, 0.15) is 12.6 Å². The normalized spacial score (nSPS) is 10.7. The van der Waals surface area contributed by atoms with Gasteiger partial charge in [-0.15, -0.1) is 0 Å². The molecule has 0 N–H and O–H groups in total. The third-order valence-corrected chi connectivity index (χ3v) is 2.23. The Bertz CT molecular complexity index is 550. The Hall–Kier alpha value is -1.62. The molecule has 0 bridgehead atoms. The average molecular weight is 240 g/mol. The number of Topliss-reactive ketones (excluding diaryl/α,β-unsaturated/α-hetero) is 1. The Morgan fingerprint density at radius 2 is 2.25 bits per heavy atom. The second-order valence-corrected chi connectivity index (χ2v) is 3.80. The zero-order chi connectivity index (χ0) is 11.7. The summed E-state index contributed by atoms with van der Waals surface area (Å²) < 4.78 is 6.76. The Labute approximate surface area is 97.0 Å². The molecule has 84 valence electrons. The van der Waals surface area contributed by atoms with Gasteiger partial charge in [-0.05, 0) is 6.92 Å². The lowest BCUT2D eigenvalue weighted by molar-refractivity contribution is -0.116. The second-order valence-electron chi connectivity index (χ2n) is 3.41. The molecule has 0 radical (unpaired) electrons. The molecule has 0 fully saturated rings. The summed E-state index contributed by atoms with van der Waals surface area (Å²) in [6.07, 6.45) is 3.66. The predicted molar refractivity (Wildman–Crippen MR) is 58.9 cm³/mol. The van der Waals surface area contributed by atoms with Gasteiger partial charge in [-0.2, -0.15) is 4.98 Å². The molecular formula is C10H10ClN3O2. The quantitative estimate of drug-likeness (QED) is 0.815. The molecule has 5 nitrogen and oxygen atoms in total. The minimum absolute atomic E-state index is 0.0569. The SMILES string of the molecule is COc1nc(Cl)cn2cc(CC(C)=O)nc12. The van der Waals surface area contributed by atoms with Crippen LogP contribution in [0.25, 0.3) is 5.65 Å². The molecule has 6 heteroatoms. The topological polar surface area (TPSA) is 56.5 Å². The highest BCUT2D eigenvalue weighted by atomic mass is 35.5. The van der Waals surface area contributed by atoms with E-state index >= 15 is 0 Å². The van der Waals surface area contributed by atoms with Gasteiger partial charge < -0.3 is 4.74 Å². The lowest BCUT2D eigenvalue weighted by Crippen LogP contribution is -1.96. The molecule has 0 saturated carbocycles. The van der Waals surface area contributed by atoms with Gasteiger partial charge in [0.25, 0.3) is 5.88 Å². The fourth-order valence-corrected chi connectivity index (χ4v) is 1.65. The first kappa shape index (κ1) is 10.9. The van der Waals surface area contributed by atoms with E-state index in [9.17, 15) is 4.79 Å². The summed E-state index contributed by atoms with van der Waals surface area (Å²) in [5.41, 5.74) is 1.23. The maximum Gasteiger partial charge on any atom is 0.259 e. The highest BCUT2D eigenvalue weighted by Gasteiger charge is 2.10. The lowest BCUT2D eigenvalue weighted by atomic mass is 10.2. The standard InChI is InChI=1S/C10H10ClN3O2/c1-6(15)3-7-4-14-5-8(11)13-10(16-2)9(14)12-7/h4-5H,3H2,1-2H3. The number of rotatable bonds is 3. The number of hydrogen-bond acceptors (Lipinski definition) is 4. The summed E-state index contributed by atoms with van der Waals surface area (Å²) in [4.78, 5) is 19.2. The van der Waals surface area contributed by atoms with Gasteiger partial charge in [-0.1, -0.05) is 11.6 Å². The number of ether oxygens (including phenoxy) is 1. The van der Waals surface area contributed by atoms with Crippen molar-refractivity contribution in [2.24, 2.45) is 0 Å². The van der Waals surface area contributed by atoms with Gasteiger partial charge in [0.1, 0.15) is 10.9 Å². The largest absolute Gasteiger partial charge is 0.478 e. The van der Waals surface area contributed by atoms with Crippen molar-refractivity contribution < 1.29 is 9.53 Å². The van der Waals surface area contributed by atoms with Crippen molar-refractivity contribution in [1.29, 1.82) is 0 Å². The van der Waals surface area contributed by atoms with E-state index in [-0.39, 0.29) is 5.78 Å². The van der Waals surface area contributed by atoms with Crippen molar-refractivity contribution in [2.75, 3.05) is 7.11 Å². The third-order valence-electron chi connectivity index (χ3n) is 2.05. The van der Waals surface area contributed by atoms with Crippen LogP contribution in [0.15, 0.2) is 12.4 Å². The zero-order valence-electron chi connectivity index (χ0n) is 8.90. The van der Waals surface area contributed by atoms with E-state index in [1.165, 1.54) is 14.0 Å². The molecule has 16 heavy (non-hydrogen) atoms. The van der Waals surface area contributed by atoms with Crippen LogP contribution in [0.2, 0.25) is 5.15 Å². The number of carbonyl (C=O) groups excluding carboxylic acids is 1. The van der Waals surface area contributed by atoms with Crippen LogP contribution in [-0.2, 0) is 11.2 Å². The van der Waals surface area contributed by atoms with Gasteiger partial charge in [0.2, 0.25) is 5.65 Å². The highest BCUT2D eigenvalue weighted by molar-refractivity contribution is 6.29. The molecule has 0 aliphatic heterocycles. The first-order valence-corrected chi connectivity index (χ1v) is 5.05. The van der Waals surface area contributed by atoms with Gasteiger partial charge in [0.15, 0.2) is 0 Å². The number of ketones is 1. The Morgan fingerprint density at radius 1 is 1.50 bits per heavy atom. The van der Waals surface area contributed by atoms with Crippen LogP contribution in [0.5, 0.6) is 5.88 Å². The Morgan fingerprint density at radius 3 is 2.88 bits per heavy atom. The monoisotopic (exact) mass is 239 g/mol. The third kappa shape index (κ3) is 1.99. The van der Waals surface area contributed by atoms with Crippen molar-refractivity contribution in [3.05, 3.63) is 23.2 Å². The number of aromatic nitrogens is 3. The van der Waals surface area contributed by atoms with Crippen molar-refractivity contribution in [2.45, 2.75) is 13.3 Å². The molecule has 2 aromatic heterocycles. The zero-order valence-corrected chi connectivity index (χ0v) is 9.65. The van der Waals surface area contributed by atoms with Crippen LogP contribution in [-0.4, -0.2) is 27.3 Å². The second kappa shape index (κ2) is 4.09. The van der Waals surface area contributed by atoms with Crippen molar-refractivity contribution >= 4 is 23.0 Å². The Balaban J connectivity index is 2.55. The molecule has 0 aliphatic carbocycles. The predicted octanol–water partition coefficient (Wildman–Crippen LogP) is 1.52. The van der Waals surface area contributed by atoms with Crippen LogP contribution < -0.4 is 4.74 Å². The molecular weight excluding hydrogens is 230 g/mol. The summed E-state index contributed by atoms with van der Waals surface area (Å²) in [5.74, 6) is 0.406. The number of halogens is 1. The van der Waals surface area contributed by atoms with Crippen molar-refractivity contribution in [3.8, 4) is 5.88 Å². The summed E-state index contributed by atoms with van der Waals surface area (Å²) in [5, 5.41) is 0.316. The van der Waals surface area contributed by atoms with Crippen molar-refractivity contribution in [1.82, 2.24) is 14.4 Å². The van der Waals surface area contributed by atoms with Crippen LogP contribution in [0.4, 0.5) is 0 Å². The smallest absolute Gasteiger partial charge is 0.259 e. The minimum atomic E-state index is 0.0569. The summed E-state index contributed by atoms with van der Waals surface area (Å²) in [6.45, 7) is 1.52. The number of imidazole rings is 1. The van der Waals surface area contributed by atoms with E-state index in [1.807, 2.05) is 0 Å². The molecule has 0 spiro atoms. The van der Waals surface area contributed by atoms with Gasteiger partial charge in [-0.3, -0.25) is 9.20 Å². The fourth-order valence-electron chi connectivity index (χ4n) is 1.47. The molecule has 0 saturated heterocycles. The lowest BCUT2D eigenvalue weighted by Gasteiger charge is -2.00. The van der Waals surface area contributed by atoms with E-state index in [2.05, 4.69) is 9.97 Å². The summed E-state index contributed by atoms with van der Waals surface area (Å²) in [7, 11) is 1.50. The van der Waals surface area contributed by atoms with E-state index < -0.39 is 0 Å². The number of carbonyl (C=O) groups is 1. The van der Waals surface area contributed by atoms with Crippen molar-refractivity contribution in [3.63, 3.8) is 0 Å². The van der Waals surface area contributed by atoms with Crippen LogP contribution in [0.3, 0.4) is 0 Å². The van der Waals surface area contributed by atoms with Gasteiger partial charge in [-0.25, -0.2) is 4.98 Å². The number of hydrogen-bond donors (Lipinski definition) is 0. The minimum Gasteiger partial charge on any atom is -0.478 e. The summed E-state index contributed by atoms with van der Waals surface area (Å²) >= 11 is 5.81. The maximum absolute atomic E-state index is 11.0. The van der Waals surface area contributed by atoms with Crippen LogP contribution >= 0.6 is 11.6 Å². The molecule has 0 aromatic carbocycles. The van der Waals surface area contributed by atoms with E-state index in [1.54, 1.807) is 16.8 Å². The fraction of sp³-hybridized carbons (Fsp3) is 0.300. The van der Waals surface area contributed by atoms with E-state index in [0.29, 0.717) is 28.8 Å². The Kier molecular flexibility index (Phi) is 2.78.